The summed E-state index contributed by atoms with van der Waals surface area (Å²) in [6, 6.07) is 0. The van der Waals surface area contributed by atoms with Crippen LogP contribution in [0, 0.1) is 25.7 Å². The quantitative estimate of drug-likeness (QED) is 0.770. The molecule has 3 aliphatic rings. The standard InChI is InChI=1S/C21H33N5O2/c1-15-9-22-16(2)24-21(15)23-10-19-13-26(20(27)14-28-19)12-18-5-7-25(8-6-18)11-17-3-4-17/h9,17-19H,3-8,10-14H2,1-2H3,(H,22,23,24). The third kappa shape index (κ3) is 5.20. The molecule has 7 heteroatoms. The molecule has 0 spiro atoms. The van der Waals surface area contributed by atoms with E-state index in [1.807, 2.05) is 24.9 Å². The number of carbonyl (C=O) groups excluding carboxylic acids is 1. The molecular weight excluding hydrogens is 354 g/mol. The number of aromatic nitrogens is 2. The summed E-state index contributed by atoms with van der Waals surface area (Å²) in [4.78, 5) is 25.7. The Morgan fingerprint density at radius 1 is 1.14 bits per heavy atom. The van der Waals surface area contributed by atoms with Crippen molar-refractivity contribution in [3.05, 3.63) is 17.6 Å². The highest BCUT2D eigenvalue weighted by Crippen LogP contribution is 2.31. The number of piperidine rings is 1. The van der Waals surface area contributed by atoms with Gasteiger partial charge in [0.15, 0.2) is 0 Å². The fourth-order valence-electron chi connectivity index (χ4n) is 4.23. The van der Waals surface area contributed by atoms with Gasteiger partial charge in [0.2, 0.25) is 5.91 Å². The summed E-state index contributed by atoms with van der Waals surface area (Å²) in [5, 5.41) is 3.37. The Morgan fingerprint density at radius 2 is 1.89 bits per heavy atom. The van der Waals surface area contributed by atoms with Crippen molar-refractivity contribution in [2.45, 2.75) is 45.6 Å². The topological polar surface area (TPSA) is 70.6 Å². The van der Waals surface area contributed by atoms with Crippen LogP contribution in [0.1, 0.15) is 37.1 Å². The lowest BCUT2D eigenvalue weighted by molar-refractivity contribution is -0.149. The lowest BCUT2D eigenvalue weighted by Crippen LogP contribution is -2.51. The van der Waals surface area contributed by atoms with Crippen molar-refractivity contribution in [2.75, 3.05) is 51.2 Å². The molecule has 4 rings (SSSR count). The van der Waals surface area contributed by atoms with Gasteiger partial charge < -0.3 is 19.9 Å². The van der Waals surface area contributed by atoms with E-state index < -0.39 is 0 Å². The smallest absolute Gasteiger partial charge is 0.248 e. The predicted octanol–water partition coefficient (Wildman–Crippen LogP) is 1.85. The molecule has 1 aromatic rings. The first-order valence-electron chi connectivity index (χ1n) is 10.7. The number of nitrogens with zero attached hydrogens (tertiary/aromatic N) is 4. The van der Waals surface area contributed by atoms with Crippen LogP contribution >= 0.6 is 0 Å². The number of aryl methyl sites for hydroxylation is 2. The Hall–Kier alpha value is -1.73. The predicted molar refractivity (Wildman–Crippen MR) is 108 cm³/mol. The van der Waals surface area contributed by atoms with Crippen molar-refractivity contribution < 1.29 is 9.53 Å². The van der Waals surface area contributed by atoms with E-state index in [-0.39, 0.29) is 18.6 Å². The van der Waals surface area contributed by atoms with Crippen molar-refractivity contribution in [1.82, 2.24) is 19.8 Å². The van der Waals surface area contributed by atoms with E-state index >= 15 is 0 Å². The molecule has 28 heavy (non-hydrogen) atoms. The van der Waals surface area contributed by atoms with Crippen LogP contribution in [-0.2, 0) is 9.53 Å². The van der Waals surface area contributed by atoms with Gasteiger partial charge >= 0.3 is 0 Å². The molecule has 1 unspecified atom stereocenters. The van der Waals surface area contributed by atoms with Gasteiger partial charge in [-0.15, -0.1) is 0 Å². The number of ether oxygens (including phenoxy) is 1. The molecule has 0 radical (unpaired) electrons. The molecule has 0 bridgehead atoms. The summed E-state index contributed by atoms with van der Waals surface area (Å²) in [6.07, 6.45) is 7.09. The molecule has 1 aromatic heterocycles. The maximum absolute atomic E-state index is 12.4. The maximum atomic E-state index is 12.4. The summed E-state index contributed by atoms with van der Waals surface area (Å²) < 4.78 is 5.76. The molecule has 1 amide bonds. The highest BCUT2D eigenvalue weighted by molar-refractivity contribution is 5.78. The van der Waals surface area contributed by atoms with E-state index in [0.717, 1.165) is 29.7 Å². The first-order chi connectivity index (χ1) is 13.6. The zero-order chi connectivity index (χ0) is 19.5. The molecule has 1 aliphatic carbocycles. The van der Waals surface area contributed by atoms with Gasteiger partial charge in [-0.05, 0) is 64.5 Å². The van der Waals surface area contributed by atoms with E-state index in [1.54, 1.807) is 0 Å². The van der Waals surface area contributed by atoms with Crippen LogP contribution in [0.4, 0.5) is 5.82 Å². The molecule has 7 nitrogen and oxygen atoms in total. The van der Waals surface area contributed by atoms with Gasteiger partial charge in [-0.25, -0.2) is 9.97 Å². The highest BCUT2D eigenvalue weighted by atomic mass is 16.5. The number of morpholine rings is 1. The van der Waals surface area contributed by atoms with Crippen LogP contribution in [0.3, 0.4) is 0 Å². The number of amides is 1. The number of hydrogen-bond donors (Lipinski definition) is 1. The van der Waals surface area contributed by atoms with Gasteiger partial charge in [0.25, 0.3) is 0 Å². The summed E-state index contributed by atoms with van der Waals surface area (Å²) in [5.41, 5.74) is 1.02. The van der Waals surface area contributed by atoms with Crippen LogP contribution in [0.25, 0.3) is 0 Å². The average Bonchev–Trinajstić information content (AvgIpc) is 3.50. The van der Waals surface area contributed by atoms with Gasteiger partial charge in [0.1, 0.15) is 18.2 Å². The maximum Gasteiger partial charge on any atom is 0.248 e. The van der Waals surface area contributed by atoms with Gasteiger partial charge in [-0.3, -0.25) is 4.79 Å². The molecule has 1 saturated carbocycles. The Morgan fingerprint density at radius 3 is 2.64 bits per heavy atom. The normalized spacial score (nSPS) is 24.6. The molecule has 1 atom stereocenters. The monoisotopic (exact) mass is 387 g/mol. The van der Waals surface area contributed by atoms with E-state index in [1.165, 1.54) is 45.3 Å². The fourth-order valence-corrected chi connectivity index (χ4v) is 4.23. The molecule has 1 N–H and O–H groups in total. The molecule has 3 fully saturated rings. The molecule has 2 saturated heterocycles. The van der Waals surface area contributed by atoms with Crippen molar-refractivity contribution in [1.29, 1.82) is 0 Å². The summed E-state index contributed by atoms with van der Waals surface area (Å²) in [5.74, 6) is 3.32. The van der Waals surface area contributed by atoms with Crippen LogP contribution in [0.15, 0.2) is 6.20 Å². The minimum absolute atomic E-state index is 0.00215. The summed E-state index contributed by atoms with van der Waals surface area (Å²) in [7, 11) is 0. The Labute approximate surface area is 167 Å². The van der Waals surface area contributed by atoms with Crippen LogP contribution in [-0.4, -0.2) is 77.7 Å². The van der Waals surface area contributed by atoms with Gasteiger partial charge in [-0.1, -0.05) is 0 Å². The number of hydrogen-bond acceptors (Lipinski definition) is 6. The summed E-state index contributed by atoms with van der Waals surface area (Å²) >= 11 is 0. The first-order valence-corrected chi connectivity index (χ1v) is 10.7. The molecule has 3 heterocycles. The zero-order valence-corrected chi connectivity index (χ0v) is 17.2. The zero-order valence-electron chi connectivity index (χ0n) is 17.2. The average molecular weight is 388 g/mol. The van der Waals surface area contributed by atoms with Gasteiger partial charge in [0, 0.05) is 37.9 Å². The SMILES string of the molecule is Cc1ncc(C)c(NCC2CN(CC3CCN(CC4CC4)CC3)C(=O)CO2)n1. The van der Waals surface area contributed by atoms with E-state index in [2.05, 4.69) is 20.2 Å². The lowest BCUT2D eigenvalue weighted by atomic mass is 9.95. The Kier molecular flexibility index (Phi) is 6.11. The fraction of sp³-hybridized carbons (Fsp3) is 0.762. The van der Waals surface area contributed by atoms with Crippen LogP contribution in [0.5, 0.6) is 0 Å². The molecule has 2 aliphatic heterocycles. The van der Waals surface area contributed by atoms with E-state index in [9.17, 15) is 4.79 Å². The molecule has 154 valence electrons. The van der Waals surface area contributed by atoms with Crippen molar-refractivity contribution in [2.24, 2.45) is 11.8 Å². The van der Waals surface area contributed by atoms with Gasteiger partial charge in [-0.2, -0.15) is 0 Å². The van der Waals surface area contributed by atoms with E-state index in [4.69, 9.17) is 4.74 Å². The number of likely N-dealkylation sites (tertiary alicyclic amines) is 1. The second-order valence-corrected chi connectivity index (χ2v) is 8.75. The lowest BCUT2D eigenvalue weighted by Gasteiger charge is -2.38. The summed E-state index contributed by atoms with van der Waals surface area (Å²) in [6.45, 7) is 9.94. The van der Waals surface area contributed by atoms with Crippen LogP contribution in [0.2, 0.25) is 0 Å². The Balaban J connectivity index is 1.24. The van der Waals surface area contributed by atoms with Gasteiger partial charge in [0.05, 0.1) is 6.10 Å². The minimum atomic E-state index is 0.00215. The largest absolute Gasteiger partial charge is 0.367 e. The second-order valence-electron chi connectivity index (χ2n) is 8.75. The van der Waals surface area contributed by atoms with Crippen molar-refractivity contribution in [3.63, 3.8) is 0 Å². The second kappa shape index (κ2) is 8.74. The van der Waals surface area contributed by atoms with Crippen molar-refractivity contribution >= 4 is 11.7 Å². The van der Waals surface area contributed by atoms with E-state index in [0.29, 0.717) is 19.0 Å². The number of rotatable bonds is 7. The highest BCUT2D eigenvalue weighted by Gasteiger charge is 2.31. The molecular formula is C21H33N5O2. The third-order valence-electron chi connectivity index (χ3n) is 6.21. The molecule has 0 aromatic carbocycles. The van der Waals surface area contributed by atoms with Crippen LogP contribution < -0.4 is 5.32 Å². The van der Waals surface area contributed by atoms with Crippen molar-refractivity contribution in [3.8, 4) is 0 Å². The third-order valence-corrected chi connectivity index (χ3v) is 6.21. The first kappa shape index (κ1) is 19.6. The number of nitrogens with one attached hydrogen (secondary N) is 1. The minimum Gasteiger partial charge on any atom is -0.367 e. The number of carbonyl (C=O) groups is 1. The number of anilines is 1. The Bertz CT molecular complexity index is 685.